The molecule has 222 valence electrons. The van der Waals surface area contributed by atoms with E-state index in [0.29, 0.717) is 24.8 Å². The molecule has 8 nitrogen and oxygen atoms in total. The van der Waals surface area contributed by atoms with Crippen LogP contribution in [0.1, 0.15) is 98.8 Å². The second-order valence-electron chi connectivity index (χ2n) is 11.9. The molecule has 3 aliphatic rings. The van der Waals surface area contributed by atoms with E-state index in [1.807, 2.05) is 0 Å². The van der Waals surface area contributed by atoms with Gasteiger partial charge >= 0.3 is 17.9 Å². The Morgan fingerprint density at radius 3 is 2.38 bits per heavy atom. The summed E-state index contributed by atoms with van der Waals surface area (Å²) < 4.78 is 23.6. The van der Waals surface area contributed by atoms with Crippen molar-refractivity contribution in [3.05, 3.63) is 36.5 Å². The summed E-state index contributed by atoms with van der Waals surface area (Å²) in [5, 5.41) is 0. The fourth-order valence-electron chi connectivity index (χ4n) is 6.98. The molecular weight excluding hydrogens is 512 g/mol. The molecule has 1 spiro atoms. The van der Waals surface area contributed by atoms with Crippen molar-refractivity contribution in [2.75, 3.05) is 0 Å². The van der Waals surface area contributed by atoms with E-state index >= 15 is 0 Å². The highest BCUT2D eigenvalue weighted by atomic mass is 16.8. The molecule has 0 aromatic rings. The summed E-state index contributed by atoms with van der Waals surface area (Å²) in [6.45, 7) is 16.8. The summed E-state index contributed by atoms with van der Waals surface area (Å²) >= 11 is 0. The van der Waals surface area contributed by atoms with Crippen molar-refractivity contribution in [2.24, 2.45) is 22.7 Å². The Labute approximate surface area is 238 Å². The molecule has 1 heterocycles. The average Bonchev–Trinajstić information content (AvgIpc) is 3.16. The van der Waals surface area contributed by atoms with Gasteiger partial charge in [0.25, 0.3) is 0 Å². The molecule has 8 heteroatoms. The minimum Gasteiger partial charge on any atom is -0.461 e. The van der Waals surface area contributed by atoms with Crippen LogP contribution in [0, 0.1) is 22.7 Å². The zero-order valence-electron chi connectivity index (χ0n) is 24.8. The standard InChI is InChI=1S/C32H46O8/c1-8-10-11-12-13-14-28(36)39-27-17-21(4)31(7,16-15-20(3)9-2)26-19-24(35)18-25-29(37-22(5)33)40-30(32(25,26)27)38-23(6)34/h9,18,21,26-27,29-30H,2-3,8,10-17,19H2,1,4-7H3/t21-,26+,27+,29+,30-,31-,32-/m1/s1. The summed E-state index contributed by atoms with van der Waals surface area (Å²) in [6, 6.07) is 0. The predicted octanol–water partition coefficient (Wildman–Crippen LogP) is 6.14. The van der Waals surface area contributed by atoms with Crippen molar-refractivity contribution in [2.45, 2.75) is 118 Å². The lowest BCUT2D eigenvalue weighted by Gasteiger charge is -2.60. The Bertz CT molecular complexity index is 1040. The van der Waals surface area contributed by atoms with Crippen LogP contribution in [-0.4, -0.2) is 42.4 Å². The number of unbranched alkanes of at least 4 members (excludes halogenated alkanes) is 4. The van der Waals surface area contributed by atoms with Gasteiger partial charge in [-0.1, -0.05) is 71.3 Å². The van der Waals surface area contributed by atoms with E-state index in [2.05, 4.69) is 33.9 Å². The Balaban J connectivity index is 2.09. The summed E-state index contributed by atoms with van der Waals surface area (Å²) in [6.07, 6.45) is 7.21. The van der Waals surface area contributed by atoms with Crippen molar-refractivity contribution >= 4 is 23.7 Å². The van der Waals surface area contributed by atoms with E-state index in [0.717, 1.165) is 37.7 Å². The van der Waals surface area contributed by atoms with Gasteiger partial charge in [0.05, 0.1) is 0 Å². The molecule has 0 amide bonds. The molecule has 1 saturated heterocycles. The van der Waals surface area contributed by atoms with Crippen LogP contribution in [0.25, 0.3) is 0 Å². The van der Waals surface area contributed by atoms with Crippen LogP contribution in [-0.2, 0) is 38.1 Å². The van der Waals surface area contributed by atoms with E-state index in [-0.39, 0.29) is 30.5 Å². The van der Waals surface area contributed by atoms with Crippen molar-refractivity contribution in [1.29, 1.82) is 0 Å². The molecule has 3 rings (SSSR count). The number of carbonyl (C=O) groups excluding carboxylic acids is 4. The molecule has 0 aromatic heterocycles. The molecule has 0 N–H and O–H groups in total. The number of esters is 3. The van der Waals surface area contributed by atoms with Gasteiger partial charge in [0, 0.05) is 32.3 Å². The van der Waals surface area contributed by atoms with Crippen LogP contribution >= 0.6 is 0 Å². The van der Waals surface area contributed by atoms with Gasteiger partial charge in [-0.05, 0) is 49.0 Å². The Hall–Kier alpha value is -2.74. The van der Waals surface area contributed by atoms with Crippen LogP contribution in [0.3, 0.4) is 0 Å². The highest BCUT2D eigenvalue weighted by Crippen LogP contribution is 2.67. The van der Waals surface area contributed by atoms with Gasteiger partial charge in [0.2, 0.25) is 12.6 Å². The molecule has 2 fully saturated rings. The first-order valence-corrected chi connectivity index (χ1v) is 14.6. The number of hydrogen-bond acceptors (Lipinski definition) is 8. The molecule has 1 saturated carbocycles. The number of rotatable bonds is 13. The molecule has 40 heavy (non-hydrogen) atoms. The van der Waals surface area contributed by atoms with E-state index in [1.165, 1.54) is 19.9 Å². The first-order chi connectivity index (χ1) is 18.9. The summed E-state index contributed by atoms with van der Waals surface area (Å²) in [4.78, 5) is 50.9. The lowest BCUT2D eigenvalue weighted by Crippen LogP contribution is -2.63. The van der Waals surface area contributed by atoms with E-state index in [4.69, 9.17) is 18.9 Å². The molecule has 0 aromatic carbocycles. The topological polar surface area (TPSA) is 105 Å². The van der Waals surface area contributed by atoms with Crippen molar-refractivity contribution < 1.29 is 38.1 Å². The quantitative estimate of drug-likeness (QED) is 0.115. The zero-order valence-corrected chi connectivity index (χ0v) is 24.8. The van der Waals surface area contributed by atoms with Gasteiger partial charge in [-0.25, -0.2) is 0 Å². The molecule has 0 bridgehead atoms. The minimum absolute atomic E-state index is 0.0426. The predicted molar refractivity (Wildman–Crippen MR) is 150 cm³/mol. The van der Waals surface area contributed by atoms with Crippen LogP contribution < -0.4 is 0 Å². The molecular formula is C32H46O8. The number of ether oxygens (including phenoxy) is 4. The third kappa shape index (κ3) is 6.42. The fourth-order valence-corrected chi connectivity index (χ4v) is 6.98. The van der Waals surface area contributed by atoms with Gasteiger partial charge in [-0.3, -0.25) is 23.9 Å². The molecule has 7 atom stereocenters. The lowest BCUT2D eigenvalue weighted by atomic mass is 9.45. The van der Waals surface area contributed by atoms with Gasteiger partial charge in [-0.15, -0.1) is 0 Å². The second kappa shape index (κ2) is 13.3. The summed E-state index contributed by atoms with van der Waals surface area (Å²) in [5.41, 5.74) is -0.351. The Morgan fingerprint density at radius 2 is 1.75 bits per heavy atom. The van der Waals surface area contributed by atoms with Crippen LogP contribution in [0.2, 0.25) is 0 Å². The highest BCUT2D eigenvalue weighted by molar-refractivity contribution is 5.92. The number of carbonyl (C=O) groups is 4. The maximum Gasteiger partial charge on any atom is 0.306 e. The summed E-state index contributed by atoms with van der Waals surface area (Å²) in [5.74, 6) is -2.03. The van der Waals surface area contributed by atoms with Crippen LogP contribution in [0.4, 0.5) is 0 Å². The first kappa shape index (κ1) is 31.8. The third-order valence-corrected chi connectivity index (χ3v) is 9.29. The number of ketones is 1. The average molecular weight is 559 g/mol. The highest BCUT2D eigenvalue weighted by Gasteiger charge is 2.72. The number of allylic oxidation sites excluding steroid dienone is 3. The van der Waals surface area contributed by atoms with Crippen LogP contribution in [0.5, 0.6) is 0 Å². The van der Waals surface area contributed by atoms with Crippen molar-refractivity contribution in [1.82, 2.24) is 0 Å². The zero-order chi connectivity index (χ0) is 29.7. The van der Waals surface area contributed by atoms with Crippen LogP contribution in [0.15, 0.2) is 36.5 Å². The normalized spacial score (nSPS) is 32.8. The summed E-state index contributed by atoms with van der Waals surface area (Å²) in [7, 11) is 0. The van der Waals surface area contributed by atoms with E-state index < -0.39 is 47.4 Å². The fraction of sp³-hybridized carbons (Fsp3) is 0.688. The lowest BCUT2D eigenvalue weighted by molar-refractivity contribution is -0.255. The molecule has 0 radical (unpaired) electrons. The second-order valence-corrected chi connectivity index (χ2v) is 11.9. The minimum atomic E-state index is -1.23. The van der Waals surface area contributed by atoms with Gasteiger partial charge in [0.1, 0.15) is 11.5 Å². The maximum absolute atomic E-state index is 13.2. The number of hydrogen-bond donors (Lipinski definition) is 0. The third-order valence-electron chi connectivity index (χ3n) is 9.29. The smallest absolute Gasteiger partial charge is 0.306 e. The van der Waals surface area contributed by atoms with Gasteiger partial charge < -0.3 is 14.2 Å². The van der Waals surface area contributed by atoms with Crippen molar-refractivity contribution in [3.63, 3.8) is 0 Å². The largest absolute Gasteiger partial charge is 0.461 e. The molecule has 2 aliphatic carbocycles. The van der Waals surface area contributed by atoms with Gasteiger partial charge in [0.15, 0.2) is 5.78 Å². The van der Waals surface area contributed by atoms with Gasteiger partial charge in [-0.2, -0.15) is 0 Å². The monoisotopic (exact) mass is 558 g/mol. The van der Waals surface area contributed by atoms with E-state index in [9.17, 15) is 19.2 Å². The first-order valence-electron chi connectivity index (χ1n) is 14.6. The Morgan fingerprint density at radius 1 is 1.07 bits per heavy atom. The Kier molecular flexibility index (Phi) is 10.6. The molecule has 1 aliphatic heterocycles. The molecule has 0 unspecified atom stereocenters. The SMILES string of the molecule is C=CC(=C)CC[C@]1(C)[C@H](C)C[C@H](OC(=O)CCCCCCC)[C@@]23C(=CC(=O)C[C@@H]12)[C@@H](OC(C)=O)O[C@H]3OC(C)=O. The van der Waals surface area contributed by atoms with Crippen molar-refractivity contribution in [3.8, 4) is 0 Å². The maximum atomic E-state index is 13.2. The van der Waals surface area contributed by atoms with E-state index in [1.54, 1.807) is 6.08 Å².